The van der Waals surface area contributed by atoms with Gasteiger partial charge < -0.3 is 9.30 Å². The highest BCUT2D eigenvalue weighted by atomic mass is 15.2. The van der Waals surface area contributed by atoms with Crippen molar-refractivity contribution >= 4 is 104 Å². The molecule has 0 atom stereocenters. The molecule has 49 heavy (non-hydrogen) atoms. The molecule has 12 aromatic rings. The molecule has 0 N–H and O–H groups in total. The zero-order valence-electron chi connectivity index (χ0n) is 26.3. The van der Waals surface area contributed by atoms with Gasteiger partial charge in [0.25, 0.3) is 0 Å². The molecule has 0 aliphatic carbocycles. The number of aromatic nitrogens is 3. The molecule has 12 rings (SSSR count). The van der Waals surface area contributed by atoms with E-state index in [1.54, 1.807) is 0 Å². The Morgan fingerprint density at radius 3 is 1.65 bits per heavy atom. The lowest BCUT2D eigenvalue weighted by Gasteiger charge is -2.26. The number of anilines is 3. The van der Waals surface area contributed by atoms with Crippen molar-refractivity contribution in [1.82, 2.24) is 13.8 Å². The Morgan fingerprint density at radius 1 is 0.388 bits per heavy atom. The summed E-state index contributed by atoms with van der Waals surface area (Å²) in [7, 11) is 0. The normalized spacial score (nSPS) is 12.5. The molecule has 0 spiro atoms. The molecule has 4 heteroatoms. The maximum absolute atomic E-state index is 5.61. The number of rotatable bonds is 3. The van der Waals surface area contributed by atoms with Gasteiger partial charge in [0, 0.05) is 49.1 Å². The lowest BCUT2D eigenvalue weighted by molar-refractivity contribution is 1.27. The van der Waals surface area contributed by atoms with Gasteiger partial charge in [0.2, 0.25) is 0 Å². The predicted octanol–water partition coefficient (Wildman–Crippen LogP) is 12.0. The summed E-state index contributed by atoms with van der Waals surface area (Å²) in [5, 5.41) is 11.1. The largest absolute Gasteiger partial charge is 0.308 e. The first-order chi connectivity index (χ1) is 24.3. The second kappa shape index (κ2) is 9.03. The van der Waals surface area contributed by atoms with Crippen LogP contribution in [0.1, 0.15) is 0 Å². The minimum atomic E-state index is 1.01. The molecular formula is C45H26N4. The van der Waals surface area contributed by atoms with Gasteiger partial charge in [-0.3, -0.25) is 4.40 Å². The Balaban J connectivity index is 1.26. The zero-order chi connectivity index (χ0) is 31.8. The van der Waals surface area contributed by atoms with Crippen LogP contribution < -0.4 is 4.90 Å². The molecule has 0 aliphatic heterocycles. The highest BCUT2D eigenvalue weighted by Gasteiger charge is 2.26. The van der Waals surface area contributed by atoms with Gasteiger partial charge in [-0.15, -0.1) is 0 Å². The van der Waals surface area contributed by atoms with Crippen LogP contribution in [-0.4, -0.2) is 13.8 Å². The maximum atomic E-state index is 5.61. The van der Waals surface area contributed by atoms with Gasteiger partial charge in [-0.25, -0.2) is 4.98 Å². The number of hydrogen-bond donors (Lipinski definition) is 0. The van der Waals surface area contributed by atoms with Crippen molar-refractivity contribution < 1.29 is 0 Å². The van der Waals surface area contributed by atoms with Crippen LogP contribution in [0, 0.1) is 0 Å². The second-order valence-corrected chi connectivity index (χ2v) is 13.2. The number of para-hydroxylation sites is 5. The molecule has 0 unspecified atom stereocenters. The summed E-state index contributed by atoms with van der Waals surface area (Å²) in [6.07, 6.45) is 0. The third-order valence-corrected chi connectivity index (χ3v) is 10.7. The topological polar surface area (TPSA) is 25.0 Å². The van der Waals surface area contributed by atoms with Gasteiger partial charge in [-0.1, -0.05) is 109 Å². The van der Waals surface area contributed by atoms with Gasteiger partial charge >= 0.3 is 0 Å². The summed E-state index contributed by atoms with van der Waals surface area (Å²) in [6, 6.07) is 57.2. The van der Waals surface area contributed by atoms with E-state index in [1.165, 1.54) is 70.5 Å². The van der Waals surface area contributed by atoms with Crippen LogP contribution in [0.25, 0.3) is 87.2 Å². The Labute approximate surface area is 279 Å². The van der Waals surface area contributed by atoms with E-state index in [4.69, 9.17) is 4.98 Å². The second-order valence-electron chi connectivity index (χ2n) is 13.2. The number of hydrogen-bond acceptors (Lipinski definition) is 2. The predicted molar refractivity (Wildman–Crippen MR) is 206 cm³/mol. The summed E-state index contributed by atoms with van der Waals surface area (Å²) in [4.78, 5) is 8.00. The molecule has 0 aliphatic rings. The van der Waals surface area contributed by atoms with E-state index in [9.17, 15) is 0 Å². The van der Waals surface area contributed by atoms with Gasteiger partial charge in [0.15, 0.2) is 0 Å². The number of fused-ring (bicyclic) bond motifs is 13. The van der Waals surface area contributed by atoms with Crippen LogP contribution in [0.15, 0.2) is 158 Å². The summed E-state index contributed by atoms with van der Waals surface area (Å²) < 4.78 is 4.89. The van der Waals surface area contributed by atoms with Crippen LogP contribution in [0.2, 0.25) is 0 Å². The number of pyridine rings is 1. The van der Waals surface area contributed by atoms with Gasteiger partial charge in [0.1, 0.15) is 5.65 Å². The highest BCUT2D eigenvalue weighted by molar-refractivity contribution is 6.28. The average Bonchev–Trinajstić information content (AvgIpc) is 3.88. The SMILES string of the molecule is c1ccc(N(c2ccccc2)c2cccc3c4cccc5c6nc7c(cc6n(c23)c45)c2cccc3c4cc5ccccc5cc4n7c32)cc1. The van der Waals surface area contributed by atoms with E-state index < -0.39 is 0 Å². The summed E-state index contributed by atoms with van der Waals surface area (Å²) in [6.45, 7) is 0. The molecule has 5 heterocycles. The lowest BCUT2D eigenvalue weighted by Crippen LogP contribution is -2.10. The van der Waals surface area contributed by atoms with Crippen LogP contribution >= 0.6 is 0 Å². The summed E-state index contributed by atoms with van der Waals surface area (Å²) in [5.41, 5.74) is 11.4. The zero-order valence-corrected chi connectivity index (χ0v) is 26.3. The minimum Gasteiger partial charge on any atom is -0.308 e. The first-order valence-corrected chi connectivity index (χ1v) is 16.8. The highest BCUT2D eigenvalue weighted by Crippen LogP contribution is 2.47. The van der Waals surface area contributed by atoms with E-state index in [1.807, 2.05) is 0 Å². The van der Waals surface area contributed by atoms with Crippen molar-refractivity contribution in [3.63, 3.8) is 0 Å². The van der Waals surface area contributed by atoms with Gasteiger partial charge in [0.05, 0.1) is 38.8 Å². The Kier molecular flexibility index (Phi) is 4.69. The fourth-order valence-electron chi connectivity index (χ4n) is 8.71. The molecule has 0 saturated carbocycles. The standard InChI is InChI=1S/C45H26N4/c1-3-14-29(15-4-1)47(30-16-5-2-6-17-30)38-23-11-21-32-31-18-10-22-35-41-40(48(43(31)35)44(32)38)26-37-34-20-9-19-33-36-24-27-12-7-8-13-28(27)25-39(36)49(42(33)34)45(37)46-41/h1-26H. The van der Waals surface area contributed by atoms with Crippen LogP contribution in [0.3, 0.4) is 0 Å². The molecular weight excluding hydrogens is 597 g/mol. The van der Waals surface area contributed by atoms with E-state index in [2.05, 4.69) is 171 Å². The number of benzene rings is 7. The monoisotopic (exact) mass is 622 g/mol. The van der Waals surface area contributed by atoms with Crippen molar-refractivity contribution in [2.45, 2.75) is 0 Å². The summed E-state index contributed by atoms with van der Waals surface area (Å²) >= 11 is 0. The minimum absolute atomic E-state index is 1.01. The van der Waals surface area contributed by atoms with Crippen LogP contribution in [0.4, 0.5) is 17.1 Å². The molecule has 0 amide bonds. The molecule has 4 nitrogen and oxygen atoms in total. The van der Waals surface area contributed by atoms with E-state index in [0.29, 0.717) is 0 Å². The third-order valence-electron chi connectivity index (χ3n) is 10.7. The van der Waals surface area contributed by atoms with E-state index in [-0.39, 0.29) is 0 Å². The molecule has 0 fully saturated rings. The van der Waals surface area contributed by atoms with Crippen molar-refractivity contribution in [2.24, 2.45) is 0 Å². The fourth-order valence-corrected chi connectivity index (χ4v) is 8.71. The first kappa shape index (κ1) is 25.4. The van der Waals surface area contributed by atoms with Gasteiger partial charge in [-0.05, 0) is 59.3 Å². The van der Waals surface area contributed by atoms with E-state index >= 15 is 0 Å². The van der Waals surface area contributed by atoms with Gasteiger partial charge in [-0.2, -0.15) is 0 Å². The quantitative estimate of drug-likeness (QED) is 0.196. The molecule has 226 valence electrons. The van der Waals surface area contributed by atoms with Crippen molar-refractivity contribution in [1.29, 1.82) is 0 Å². The molecule has 0 saturated heterocycles. The summed E-state index contributed by atoms with van der Waals surface area (Å²) in [5.74, 6) is 0. The Morgan fingerprint density at radius 2 is 0.939 bits per heavy atom. The Hall–Kier alpha value is -6.65. The van der Waals surface area contributed by atoms with Crippen molar-refractivity contribution in [3.05, 3.63) is 158 Å². The smallest absolute Gasteiger partial charge is 0.146 e. The van der Waals surface area contributed by atoms with Crippen LogP contribution in [0.5, 0.6) is 0 Å². The molecule has 7 aromatic carbocycles. The van der Waals surface area contributed by atoms with Crippen LogP contribution in [-0.2, 0) is 0 Å². The average molecular weight is 623 g/mol. The fraction of sp³-hybridized carbons (Fsp3) is 0. The molecule has 5 aromatic heterocycles. The Bertz CT molecular complexity index is 3220. The molecule has 0 bridgehead atoms. The van der Waals surface area contributed by atoms with Crippen molar-refractivity contribution in [2.75, 3.05) is 4.90 Å². The first-order valence-electron chi connectivity index (χ1n) is 16.8. The van der Waals surface area contributed by atoms with Crippen molar-refractivity contribution in [3.8, 4) is 0 Å². The molecule has 0 radical (unpaired) electrons. The lowest BCUT2D eigenvalue weighted by atomic mass is 10.0. The maximum Gasteiger partial charge on any atom is 0.146 e. The number of nitrogens with zero attached hydrogens (tertiary/aromatic N) is 4. The third kappa shape index (κ3) is 3.16. The van der Waals surface area contributed by atoms with E-state index in [0.717, 1.165) is 33.7 Å².